The molecule has 0 aromatic heterocycles. The highest BCUT2D eigenvalue weighted by atomic mass is 15.0. The lowest BCUT2D eigenvalue weighted by atomic mass is 9.65. The fourth-order valence-corrected chi connectivity index (χ4v) is 12.4. The first-order valence-electron chi connectivity index (χ1n) is 25.7. The molecule has 0 bridgehead atoms. The van der Waals surface area contributed by atoms with Gasteiger partial charge in [-0.2, -0.15) is 0 Å². The number of fused-ring (bicyclic) bond motifs is 9. The van der Waals surface area contributed by atoms with E-state index in [4.69, 9.17) is 11.5 Å². The van der Waals surface area contributed by atoms with Crippen molar-refractivity contribution in [3.63, 3.8) is 0 Å². The SMILES string of the molecule is N/C(=C1/C=CC=CC1NCc1cc2ccccc2c2ccccc12)c1ccc2c(c1)C(C1=CC=CCC1)(c1ccccc1)c1cc(/C(NC(N)c3cc4ccccc4c4ccccc34)=C3\C=CC=CC3)ccc1-2. The van der Waals surface area contributed by atoms with Crippen molar-refractivity contribution in [1.82, 2.24) is 10.6 Å². The average Bonchev–Trinajstić information content (AvgIpc) is 3.76. The second-order valence-electron chi connectivity index (χ2n) is 19.8. The molecule has 4 heteroatoms. The molecule has 6 N–H and O–H groups in total. The van der Waals surface area contributed by atoms with Crippen molar-refractivity contribution >= 4 is 54.5 Å². The first kappa shape index (κ1) is 44.4. The summed E-state index contributed by atoms with van der Waals surface area (Å²) in [5.41, 5.74) is 30.4. The second kappa shape index (κ2) is 18.6. The Morgan fingerprint density at radius 3 is 1.92 bits per heavy atom. The Kier molecular flexibility index (Phi) is 11.3. The summed E-state index contributed by atoms with van der Waals surface area (Å²) in [5.74, 6) is 0. The minimum absolute atomic E-state index is 0.0880. The van der Waals surface area contributed by atoms with Gasteiger partial charge < -0.3 is 22.1 Å². The van der Waals surface area contributed by atoms with Gasteiger partial charge in [-0.15, -0.1) is 0 Å². The Bertz CT molecular complexity index is 3950. The van der Waals surface area contributed by atoms with Gasteiger partial charge in [0.15, 0.2) is 0 Å². The molecule has 0 amide bonds. The Hall–Kier alpha value is -8.54. The maximum atomic E-state index is 7.50. The van der Waals surface area contributed by atoms with Gasteiger partial charge in [0.2, 0.25) is 0 Å². The van der Waals surface area contributed by atoms with Crippen LogP contribution >= 0.6 is 0 Å². The normalized spacial score (nSPS) is 19.6. The first-order chi connectivity index (χ1) is 36.0. The quantitative estimate of drug-likeness (QED) is 0.0814. The molecule has 0 saturated heterocycles. The molecule has 0 spiro atoms. The van der Waals surface area contributed by atoms with E-state index < -0.39 is 11.6 Å². The topological polar surface area (TPSA) is 76.1 Å². The van der Waals surface area contributed by atoms with Crippen LogP contribution in [-0.4, -0.2) is 6.04 Å². The van der Waals surface area contributed by atoms with Crippen LogP contribution in [0.1, 0.15) is 64.4 Å². The lowest BCUT2D eigenvalue weighted by Gasteiger charge is -2.37. The van der Waals surface area contributed by atoms with Gasteiger partial charge in [-0.1, -0.05) is 224 Å². The van der Waals surface area contributed by atoms with Crippen molar-refractivity contribution < 1.29 is 0 Å². The first-order valence-corrected chi connectivity index (χ1v) is 25.7. The molecule has 0 fully saturated rings. The van der Waals surface area contributed by atoms with Gasteiger partial charge in [0.25, 0.3) is 0 Å². The van der Waals surface area contributed by atoms with E-state index in [1.165, 1.54) is 82.2 Å². The monoisotopic (exact) mass is 940 g/mol. The summed E-state index contributed by atoms with van der Waals surface area (Å²) in [5, 5.41) is 17.7. The zero-order valence-electron chi connectivity index (χ0n) is 40.7. The molecule has 0 aliphatic heterocycles. The Morgan fingerprint density at radius 2 is 1.21 bits per heavy atom. The Labute approximate surface area is 427 Å². The molecule has 73 heavy (non-hydrogen) atoms. The third-order valence-corrected chi connectivity index (χ3v) is 15.8. The molecule has 3 unspecified atom stereocenters. The van der Waals surface area contributed by atoms with Crippen molar-refractivity contribution in [1.29, 1.82) is 0 Å². The zero-order chi connectivity index (χ0) is 48.9. The Balaban J connectivity index is 0.930. The van der Waals surface area contributed by atoms with E-state index >= 15 is 0 Å². The summed E-state index contributed by atoms with van der Waals surface area (Å²) in [6, 6.07) is 64.4. The van der Waals surface area contributed by atoms with Crippen LogP contribution in [0.15, 0.2) is 259 Å². The van der Waals surface area contributed by atoms with Crippen LogP contribution in [-0.2, 0) is 12.0 Å². The zero-order valence-corrected chi connectivity index (χ0v) is 40.7. The van der Waals surface area contributed by atoms with Crippen molar-refractivity contribution in [3.8, 4) is 11.1 Å². The number of nitrogens with two attached hydrogens (primary N) is 2. The summed E-state index contributed by atoms with van der Waals surface area (Å²) < 4.78 is 0. The molecule has 9 aromatic rings. The van der Waals surface area contributed by atoms with E-state index in [2.05, 4.69) is 253 Å². The second-order valence-corrected chi connectivity index (χ2v) is 19.8. The van der Waals surface area contributed by atoms with Crippen LogP contribution in [0.2, 0.25) is 0 Å². The van der Waals surface area contributed by atoms with Crippen LogP contribution in [0, 0.1) is 0 Å². The molecule has 3 atom stereocenters. The third kappa shape index (κ3) is 7.61. The Morgan fingerprint density at radius 1 is 0.575 bits per heavy atom. The summed E-state index contributed by atoms with van der Waals surface area (Å²) >= 11 is 0. The third-order valence-electron chi connectivity index (χ3n) is 15.8. The molecule has 4 aliphatic carbocycles. The predicted molar refractivity (Wildman–Crippen MR) is 307 cm³/mol. The molecule has 0 saturated carbocycles. The average molecular weight is 941 g/mol. The van der Waals surface area contributed by atoms with Crippen molar-refractivity contribution in [2.24, 2.45) is 11.5 Å². The number of hydrogen-bond donors (Lipinski definition) is 4. The van der Waals surface area contributed by atoms with Gasteiger partial charge in [0.1, 0.15) is 6.17 Å². The lowest BCUT2D eigenvalue weighted by molar-refractivity contribution is 0.661. The summed E-state index contributed by atoms with van der Waals surface area (Å²) in [4.78, 5) is 0. The number of nitrogens with one attached hydrogen (secondary N) is 2. The molecule has 0 heterocycles. The van der Waals surface area contributed by atoms with Crippen LogP contribution in [0.5, 0.6) is 0 Å². The van der Waals surface area contributed by atoms with Gasteiger partial charge in [0.05, 0.1) is 11.5 Å². The molecule has 13 rings (SSSR count). The summed E-state index contributed by atoms with van der Waals surface area (Å²) in [6.07, 6.45) is 26.5. The van der Waals surface area contributed by atoms with E-state index in [0.717, 1.165) is 58.3 Å². The number of benzene rings is 9. The van der Waals surface area contributed by atoms with E-state index in [-0.39, 0.29) is 6.04 Å². The van der Waals surface area contributed by atoms with Crippen molar-refractivity contribution in [3.05, 3.63) is 298 Å². The van der Waals surface area contributed by atoms with Crippen molar-refractivity contribution in [2.75, 3.05) is 0 Å². The highest BCUT2D eigenvalue weighted by molar-refractivity contribution is 6.10. The van der Waals surface area contributed by atoms with Gasteiger partial charge in [-0.05, 0) is 148 Å². The van der Waals surface area contributed by atoms with E-state index in [1.807, 2.05) is 0 Å². The summed E-state index contributed by atoms with van der Waals surface area (Å²) in [6.45, 7) is 0.689. The molecule has 4 aliphatic rings. The maximum absolute atomic E-state index is 7.50. The van der Waals surface area contributed by atoms with Gasteiger partial charge >= 0.3 is 0 Å². The van der Waals surface area contributed by atoms with E-state index in [1.54, 1.807) is 0 Å². The minimum Gasteiger partial charge on any atom is -0.398 e. The van der Waals surface area contributed by atoms with Gasteiger partial charge in [-0.25, -0.2) is 0 Å². The van der Waals surface area contributed by atoms with Gasteiger partial charge in [-0.3, -0.25) is 0 Å². The molecule has 4 nitrogen and oxygen atoms in total. The number of allylic oxidation sites excluding steroid dienone is 11. The van der Waals surface area contributed by atoms with Crippen LogP contribution in [0.3, 0.4) is 0 Å². The number of rotatable bonds is 10. The number of hydrogen-bond acceptors (Lipinski definition) is 4. The molecule has 352 valence electrons. The highest BCUT2D eigenvalue weighted by Crippen LogP contribution is 2.58. The fourth-order valence-electron chi connectivity index (χ4n) is 12.4. The molecule has 0 radical (unpaired) electrons. The van der Waals surface area contributed by atoms with E-state index in [0.29, 0.717) is 6.54 Å². The predicted octanol–water partition coefficient (Wildman–Crippen LogP) is 15.3. The van der Waals surface area contributed by atoms with Crippen LogP contribution in [0.25, 0.3) is 65.6 Å². The molecular weight excluding hydrogens is 885 g/mol. The van der Waals surface area contributed by atoms with Crippen LogP contribution in [0.4, 0.5) is 0 Å². The maximum Gasteiger partial charge on any atom is 0.101 e. The lowest BCUT2D eigenvalue weighted by Crippen LogP contribution is -2.32. The smallest absolute Gasteiger partial charge is 0.101 e. The fraction of sp³-hybridized carbons (Fsp3) is 0.101. The minimum atomic E-state index is -0.598. The molecule has 9 aromatic carbocycles. The largest absolute Gasteiger partial charge is 0.398 e. The highest BCUT2D eigenvalue weighted by Gasteiger charge is 2.47. The standard InChI is InChI=1S/C69H56N4/c70-66(61-34-18-19-35-65(61)72-44-50-40-46-22-10-12-28-53(46)56-31-15-14-30-55(50)56)48-36-38-59-60-39-37-49(43-64(60)69(63(59)42-48,51-24-6-2-7-25-51)52-26-8-3-9-27-52)67(45-20-4-1-5-21-45)73-68(71)62-41-47-23-11-13-29-54(47)57-32-16-17-33-58(57)62/h1-8,10-20,22-26,28-43,65,68,72-73H,9,21,27,44,70-71H2/b66-61-,67-45-. The molecular formula is C69H56N4. The van der Waals surface area contributed by atoms with E-state index in [9.17, 15) is 0 Å². The van der Waals surface area contributed by atoms with Crippen LogP contribution < -0.4 is 22.1 Å². The van der Waals surface area contributed by atoms with Gasteiger partial charge in [0, 0.05) is 17.9 Å². The summed E-state index contributed by atoms with van der Waals surface area (Å²) in [7, 11) is 0. The van der Waals surface area contributed by atoms with Crippen molar-refractivity contribution in [2.45, 2.75) is 43.4 Å².